The summed E-state index contributed by atoms with van der Waals surface area (Å²) in [7, 11) is 2.08. The lowest BCUT2D eigenvalue weighted by Gasteiger charge is -2.33. The molecule has 2 unspecified atom stereocenters. The summed E-state index contributed by atoms with van der Waals surface area (Å²) in [5.41, 5.74) is 1.35. The predicted molar refractivity (Wildman–Crippen MR) is 66.9 cm³/mol. The van der Waals surface area contributed by atoms with Gasteiger partial charge in [0.2, 0.25) is 0 Å². The first kappa shape index (κ1) is 10.9. The lowest BCUT2D eigenvalue weighted by molar-refractivity contribution is 0.460. The maximum atomic E-state index is 4.49. The van der Waals surface area contributed by atoms with Crippen LogP contribution in [-0.2, 0) is 0 Å². The van der Waals surface area contributed by atoms with E-state index < -0.39 is 0 Å². The fourth-order valence-corrected chi connectivity index (χ4v) is 2.66. The number of aliphatic imine (C=N–C) groups is 1. The van der Waals surface area contributed by atoms with Crippen molar-refractivity contribution >= 4 is 22.1 Å². The van der Waals surface area contributed by atoms with E-state index in [1.54, 1.807) is 0 Å². The van der Waals surface area contributed by atoms with Gasteiger partial charge in [0, 0.05) is 35.6 Å². The molecule has 0 aromatic rings. The molecule has 2 atom stereocenters. The third-order valence-corrected chi connectivity index (χ3v) is 3.23. The van der Waals surface area contributed by atoms with Crippen LogP contribution in [0.25, 0.3) is 0 Å². The van der Waals surface area contributed by atoms with Crippen LogP contribution in [0, 0.1) is 5.92 Å². The van der Waals surface area contributed by atoms with Crippen molar-refractivity contribution in [2.45, 2.75) is 19.5 Å². The number of nitrogens with zero attached hydrogens (tertiary/aromatic N) is 2. The van der Waals surface area contributed by atoms with Gasteiger partial charge in [-0.3, -0.25) is 10.3 Å². The van der Waals surface area contributed by atoms with Crippen LogP contribution < -0.4 is 5.32 Å². The van der Waals surface area contributed by atoms with E-state index in [-0.39, 0.29) is 6.17 Å². The molecular weight excluding hydrogens is 254 g/mol. The maximum absolute atomic E-state index is 4.49. The average molecular weight is 270 g/mol. The normalized spacial score (nSPS) is 29.7. The van der Waals surface area contributed by atoms with Gasteiger partial charge >= 0.3 is 0 Å². The van der Waals surface area contributed by atoms with Crippen molar-refractivity contribution in [3.8, 4) is 0 Å². The fraction of sp³-hybridized carbons (Fsp3) is 0.545. The van der Waals surface area contributed by atoms with Crippen LogP contribution in [0.3, 0.4) is 0 Å². The van der Waals surface area contributed by atoms with Crippen molar-refractivity contribution < 1.29 is 0 Å². The van der Waals surface area contributed by atoms with E-state index >= 15 is 0 Å². The van der Waals surface area contributed by atoms with Crippen LogP contribution in [0.1, 0.15) is 13.3 Å². The highest BCUT2D eigenvalue weighted by Crippen LogP contribution is 2.32. The van der Waals surface area contributed by atoms with Crippen LogP contribution in [0.4, 0.5) is 0 Å². The first-order valence-corrected chi connectivity index (χ1v) is 6.07. The summed E-state index contributed by atoms with van der Waals surface area (Å²) in [5.74, 6) is 0.435. The minimum absolute atomic E-state index is 0.147. The van der Waals surface area contributed by atoms with Crippen LogP contribution in [-0.4, -0.2) is 30.9 Å². The van der Waals surface area contributed by atoms with Crippen LogP contribution in [0.2, 0.25) is 0 Å². The summed E-state index contributed by atoms with van der Waals surface area (Å²) >= 11 is 3.55. The molecule has 0 aliphatic carbocycles. The van der Waals surface area contributed by atoms with Gasteiger partial charge in [-0.15, -0.1) is 0 Å². The van der Waals surface area contributed by atoms with Gasteiger partial charge in [0.1, 0.15) is 6.17 Å². The molecule has 0 amide bonds. The Morgan fingerprint density at radius 2 is 2.47 bits per heavy atom. The summed E-state index contributed by atoms with van der Waals surface area (Å²) in [6.07, 6.45) is 7.58. The highest BCUT2D eigenvalue weighted by Gasteiger charge is 2.25. The first-order valence-electron chi connectivity index (χ1n) is 5.28. The van der Waals surface area contributed by atoms with Crippen molar-refractivity contribution in [2.24, 2.45) is 10.9 Å². The van der Waals surface area contributed by atoms with E-state index in [1.807, 2.05) is 0 Å². The Morgan fingerprint density at radius 1 is 1.67 bits per heavy atom. The summed E-state index contributed by atoms with van der Waals surface area (Å²) in [4.78, 5) is 6.66. The molecule has 0 saturated carbocycles. The molecule has 0 bridgehead atoms. The van der Waals surface area contributed by atoms with Crippen LogP contribution in [0.15, 0.2) is 27.4 Å². The maximum Gasteiger partial charge on any atom is 0.120 e. The number of dihydropyridines is 1. The standard InChI is InChI=1S/C11H16BrN3/c1-3-13-11-5-10-8(6-14-11)4-9(12)7-15(10)2/h5-8,11,13H,3-4H2,1-2H3. The number of allylic oxidation sites excluding steroid dienone is 2. The van der Waals surface area contributed by atoms with E-state index in [0.717, 1.165) is 13.0 Å². The van der Waals surface area contributed by atoms with Gasteiger partial charge in [0.15, 0.2) is 0 Å². The summed E-state index contributed by atoms with van der Waals surface area (Å²) < 4.78 is 1.24. The number of nitrogens with one attached hydrogen (secondary N) is 1. The van der Waals surface area contributed by atoms with E-state index in [1.165, 1.54) is 10.2 Å². The molecule has 0 saturated heterocycles. The fourth-order valence-electron chi connectivity index (χ4n) is 2.01. The predicted octanol–water partition coefficient (Wildman–Crippen LogP) is 2.08. The number of rotatable bonds is 2. The van der Waals surface area contributed by atoms with Crippen molar-refractivity contribution in [1.29, 1.82) is 0 Å². The number of fused-ring (bicyclic) bond motifs is 1. The summed E-state index contributed by atoms with van der Waals surface area (Å²) in [6.45, 7) is 3.04. The molecule has 0 radical (unpaired) electrons. The molecule has 3 nitrogen and oxygen atoms in total. The van der Waals surface area contributed by atoms with Crippen molar-refractivity contribution in [3.63, 3.8) is 0 Å². The van der Waals surface area contributed by atoms with Crippen molar-refractivity contribution in [2.75, 3.05) is 13.6 Å². The molecule has 4 heteroatoms. The lowest BCUT2D eigenvalue weighted by atomic mass is 9.96. The summed E-state index contributed by atoms with van der Waals surface area (Å²) in [6, 6.07) is 0. The zero-order valence-electron chi connectivity index (χ0n) is 9.07. The van der Waals surface area contributed by atoms with Gasteiger partial charge in [0.25, 0.3) is 0 Å². The SMILES string of the molecule is CCNC1C=C2C(C=N1)CC(Br)=CN2C. The Labute approximate surface area is 99.1 Å². The minimum atomic E-state index is 0.147. The third-order valence-electron chi connectivity index (χ3n) is 2.70. The molecule has 0 spiro atoms. The van der Waals surface area contributed by atoms with Crippen LogP contribution in [0.5, 0.6) is 0 Å². The Kier molecular flexibility index (Phi) is 3.26. The number of likely N-dealkylation sites (N-methyl/N-ethyl adjacent to an activating group) is 1. The average Bonchev–Trinajstić information content (AvgIpc) is 2.19. The Morgan fingerprint density at radius 3 is 3.20 bits per heavy atom. The number of hydrogen-bond donors (Lipinski definition) is 1. The molecule has 15 heavy (non-hydrogen) atoms. The zero-order chi connectivity index (χ0) is 10.8. The molecule has 0 aromatic carbocycles. The Bertz CT molecular complexity index is 333. The second-order valence-electron chi connectivity index (χ2n) is 3.89. The molecule has 2 rings (SSSR count). The third kappa shape index (κ3) is 2.32. The minimum Gasteiger partial charge on any atom is -0.353 e. The second kappa shape index (κ2) is 4.49. The topological polar surface area (TPSA) is 27.6 Å². The number of halogens is 1. The van der Waals surface area contributed by atoms with Gasteiger partial charge in [0.05, 0.1) is 0 Å². The van der Waals surface area contributed by atoms with Gasteiger partial charge in [-0.25, -0.2) is 0 Å². The zero-order valence-corrected chi connectivity index (χ0v) is 10.7. The molecule has 2 heterocycles. The van der Waals surface area contributed by atoms with Crippen LogP contribution >= 0.6 is 15.9 Å². The van der Waals surface area contributed by atoms with Gasteiger partial charge in [-0.2, -0.15) is 0 Å². The molecule has 82 valence electrons. The Hall–Kier alpha value is -0.610. The first-order chi connectivity index (χ1) is 7.20. The Balaban J connectivity index is 2.19. The van der Waals surface area contributed by atoms with Gasteiger partial charge in [-0.05, 0) is 19.0 Å². The van der Waals surface area contributed by atoms with Gasteiger partial charge < -0.3 is 4.90 Å². The van der Waals surface area contributed by atoms with Gasteiger partial charge in [-0.1, -0.05) is 22.9 Å². The number of hydrogen-bond acceptors (Lipinski definition) is 3. The quantitative estimate of drug-likeness (QED) is 0.832. The molecule has 2 aliphatic heterocycles. The molecule has 0 aromatic heterocycles. The molecule has 1 N–H and O–H groups in total. The van der Waals surface area contributed by atoms with Crippen molar-refractivity contribution in [3.05, 3.63) is 22.5 Å². The molecule has 2 aliphatic rings. The summed E-state index contributed by atoms with van der Waals surface area (Å²) in [5, 5.41) is 3.32. The van der Waals surface area contributed by atoms with E-state index in [2.05, 4.69) is 63.6 Å². The highest BCUT2D eigenvalue weighted by atomic mass is 79.9. The van der Waals surface area contributed by atoms with E-state index in [0.29, 0.717) is 5.92 Å². The smallest absolute Gasteiger partial charge is 0.120 e. The lowest BCUT2D eigenvalue weighted by Crippen LogP contribution is -2.34. The molecular formula is C11H16BrN3. The highest BCUT2D eigenvalue weighted by molar-refractivity contribution is 9.11. The second-order valence-corrected chi connectivity index (χ2v) is 4.91. The van der Waals surface area contributed by atoms with E-state index in [4.69, 9.17) is 0 Å². The monoisotopic (exact) mass is 269 g/mol. The molecule has 0 fully saturated rings. The largest absolute Gasteiger partial charge is 0.353 e. The van der Waals surface area contributed by atoms with Crippen molar-refractivity contribution in [1.82, 2.24) is 10.2 Å². The van der Waals surface area contributed by atoms with E-state index in [9.17, 15) is 0 Å².